The zero-order valence-corrected chi connectivity index (χ0v) is 13.6. The van der Waals surface area contributed by atoms with Crippen LogP contribution in [0.15, 0.2) is 0 Å². The van der Waals surface area contributed by atoms with E-state index >= 15 is 0 Å². The van der Waals surface area contributed by atoms with Crippen molar-refractivity contribution in [1.82, 2.24) is 0 Å². The molecule has 9 nitrogen and oxygen atoms in total. The average Bonchev–Trinajstić information content (AvgIpc) is 2.43. The molecule has 0 aliphatic rings. The monoisotopic (exact) mass is 357 g/mol. The summed E-state index contributed by atoms with van der Waals surface area (Å²) in [4.78, 5) is 30.5. The Morgan fingerprint density at radius 3 is 1.59 bits per heavy atom. The Morgan fingerprint density at radius 2 is 1.27 bits per heavy atom. The summed E-state index contributed by atoms with van der Waals surface area (Å²) in [7, 11) is 0. The molecule has 3 unspecified atom stereocenters. The molecule has 0 saturated heterocycles. The first kappa shape index (κ1) is 23.3. The molecule has 0 saturated carbocycles. The molecule has 0 amide bonds. The fourth-order valence-electron chi connectivity index (χ4n) is 0.878. The lowest BCUT2D eigenvalue weighted by atomic mass is 10.2. The van der Waals surface area contributed by atoms with Gasteiger partial charge in [-0.1, -0.05) is 0 Å². The van der Waals surface area contributed by atoms with Crippen LogP contribution in [0.2, 0.25) is 0 Å². The van der Waals surface area contributed by atoms with Gasteiger partial charge in [0.05, 0.1) is 0 Å². The van der Waals surface area contributed by atoms with Crippen LogP contribution in [-0.2, 0) is 14.4 Å². The van der Waals surface area contributed by atoms with Gasteiger partial charge in [-0.2, -0.15) is 24.4 Å². The van der Waals surface area contributed by atoms with Crippen LogP contribution in [0.5, 0.6) is 0 Å². The molecular weight excluding hydrogens is 334 g/mol. The van der Waals surface area contributed by atoms with Gasteiger partial charge in [-0.25, -0.2) is 0 Å². The van der Waals surface area contributed by atoms with E-state index in [0.29, 0.717) is 24.3 Å². The van der Waals surface area contributed by atoms with Gasteiger partial charge in [0.15, 0.2) is 0 Å². The molecule has 0 rings (SSSR count). The van der Waals surface area contributed by atoms with Crippen LogP contribution in [0.4, 0.5) is 0 Å². The van der Waals surface area contributed by atoms with E-state index in [-0.39, 0.29) is 5.75 Å². The molecule has 0 aromatic rings. The molecular formula is C11H23N3O6S2. The number of thiol groups is 1. The number of aliphatic carboxylic acids is 3. The number of rotatable bonds is 10. The van der Waals surface area contributed by atoms with Gasteiger partial charge in [0, 0.05) is 5.75 Å². The van der Waals surface area contributed by atoms with Crippen molar-refractivity contribution in [2.45, 2.75) is 31.0 Å². The van der Waals surface area contributed by atoms with E-state index in [9.17, 15) is 14.4 Å². The minimum Gasteiger partial charge on any atom is -0.480 e. The number of hydrogen-bond acceptors (Lipinski definition) is 8. The lowest BCUT2D eigenvalue weighted by Crippen LogP contribution is -2.33. The molecule has 22 heavy (non-hydrogen) atoms. The van der Waals surface area contributed by atoms with Crippen molar-refractivity contribution in [3.63, 3.8) is 0 Å². The lowest BCUT2D eigenvalue weighted by Gasteiger charge is -2.07. The highest BCUT2D eigenvalue weighted by molar-refractivity contribution is 7.99. The Morgan fingerprint density at radius 1 is 0.864 bits per heavy atom. The van der Waals surface area contributed by atoms with E-state index in [1.165, 1.54) is 11.8 Å². The summed E-state index contributed by atoms with van der Waals surface area (Å²) in [6.45, 7) is 0. The Balaban J connectivity index is 0. The summed E-state index contributed by atoms with van der Waals surface area (Å²) >= 11 is 5.10. The highest BCUT2D eigenvalue weighted by Gasteiger charge is 2.13. The summed E-state index contributed by atoms with van der Waals surface area (Å²) in [6.07, 6.45) is 0.741. The van der Waals surface area contributed by atoms with Crippen LogP contribution < -0.4 is 17.2 Å². The first-order chi connectivity index (χ1) is 10.1. The van der Waals surface area contributed by atoms with Crippen molar-refractivity contribution in [2.75, 3.05) is 17.3 Å². The normalized spacial score (nSPS) is 14.2. The SMILES string of the molecule is NC(CCS)C(=O)O.NC(CCSCC(N)C(=O)O)C(=O)O. The van der Waals surface area contributed by atoms with Crippen molar-refractivity contribution in [1.29, 1.82) is 0 Å². The van der Waals surface area contributed by atoms with Gasteiger partial charge < -0.3 is 32.5 Å². The lowest BCUT2D eigenvalue weighted by molar-refractivity contribution is -0.139. The van der Waals surface area contributed by atoms with Crippen LogP contribution in [0.3, 0.4) is 0 Å². The minimum absolute atomic E-state index is 0.266. The summed E-state index contributed by atoms with van der Waals surface area (Å²) in [5.41, 5.74) is 15.5. The van der Waals surface area contributed by atoms with Crippen LogP contribution in [0.1, 0.15) is 12.8 Å². The first-order valence-corrected chi connectivity index (χ1v) is 8.05. The van der Waals surface area contributed by atoms with E-state index in [0.717, 1.165) is 0 Å². The average molecular weight is 357 g/mol. The number of carboxylic acid groups (broad SMARTS) is 3. The van der Waals surface area contributed by atoms with Crippen LogP contribution >= 0.6 is 24.4 Å². The zero-order valence-electron chi connectivity index (χ0n) is 11.9. The predicted molar refractivity (Wildman–Crippen MR) is 87.2 cm³/mol. The van der Waals surface area contributed by atoms with E-state index < -0.39 is 36.0 Å². The van der Waals surface area contributed by atoms with Gasteiger partial charge in [-0.05, 0) is 24.3 Å². The maximum absolute atomic E-state index is 10.3. The summed E-state index contributed by atoms with van der Waals surface area (Å²) in [6, 6.07) is -2.53. The van der Waals surface area contributed by atoms with Crippen LogP contribution in [0.25, 0.3) is 0 Å². The van der Waals surface area contributed by atoms with E-state index in [4.69, 9.17) is 32.5 Å². The highest BCUT2D eigenvalue weighted by Crippen LogP contribution is 2.05. The Kier molecular flexibility index (Phi) is 14.4. The zero-order chi connectivity index (χ0) is 17.7. The van der Waals surface area contributed by atoms with E-state index in [2.05, 4.69) is 12.6 Å². The van der Waals surface area contributed by atoms with Gasteiger partial charge in [0.25, 0.3) is 0 Å². The molecule has 0 bridgehead atoms. The Hall–Kier alpha value is -1.01. The largest absolute Gasteiger partial charge is 0.480 e. The molecule has 0 aliphatic carbocycles. The van der Waals surface area contributed by atoms with Gasteiger partial charge in [-0.3, -0.25) is 14.4 Å². The van der Waals surface area contributed by atoms with Crippen molar-refractivity contribution in [3.05, 3.63) is 0 Å². The maximum Gasteiger partial charge on any atom is 0.321 e. The second kappa shape index (κ2) is 13.6. The molecule has 0 radical (unpaired) electrons. The number of thioether (sulfide) groups is 1. The van der Waals surface area contributed by atoms with Gasteiger partial charge >= 0.3 is 17.9 Å². The molecule has 0 spiro atoms. The van der Waals surface area contributed by atoms with Crippen molar-refractivity contribution < 1.29 is 29.7 Å². The number of nitrogens with two attached hydrogens (primary N) is 3. The quantitative estimate of drug-likeness (QED) is 0.182. The summed E-state index contributed by atoms with van der Waals surface area (Å²) in [5.74, 6) is -1.78. The molecule has 0 aliphatic heterocycles. The fourth-order valence-corrected chi connectivity index (χ4v) is 2.14. The van der Waals surface area contributed by atoms with E-state index in [1.54, 1.807) is 0 Å². The van der Waals surface area contributed by atoms with E-state index in [1.807, 2.05) is 0 Å². The third-order valence-electron chi connectivity index (χ3n) is 2.26. The number of carbonyl (C=O) groups is 3. The predicted octanol–water partition coefficient (Wildman–Crippen LogP) is -1.35. The first-order valence-electron chi connectivity index (χ1n) is 6.27. The molecule has 0 aromatic carbocycles. The third-order valence-corrected chi connectivity index (χ3v) is 3.64. The molecule has 11 heteroatoms. The van der Waals surface area contributed by atoms with Crippen molar-refractivity contribution in [2.24, 2.45) is 17.2 Å². The minimum atomic E-state index is -1.06. The Bertz CT molecular complexity index is 337. The standard InChI is InChI=1S/C7H14N2O4S.C4H9NO2S/c8-4(6(10)11)1-2-14-3-5(9)7(12)13;5-3(1-2-8)4(6)7/h4-5H,1-3,8-9H2,(H,10,11)(H,12,13);3,8H,1-2,5H2,(H,6,7). The molecule has 9 N–H and O–H groups in total. The molecule has 130 valence electrons. The molecule has 0 heterocycles. The number of hydrogen-bond donors (Lipinski definition) is 7. The third kappa shape index (κ3) is 13.9. The molecule has 3 atom stereocenters. The topological polar surface area (TPSA) is 190 Å². The second-order valence-corrected chi connectivity index (χ2v) is 5.81. The summed E-state index contributed by atoms with van der Waals surface area (Å²) < 4.78 is 0. The molecule has 0 fully saturated rings. The van der Waals surface area contributed by atoms with Gasteiger partial charge in [-0.15, -0.1) is 0 Å². The van der Waals surface area contributed by atoms with Crippen molar-refractivity contribution >= 4 is 42.3 Å². The smallest absolute Gasteiger partial charge is 0.321 e. The van der Waals surface area contributed by atoms with Crippen LogP contribution in [-0.4, -0.2) is 68.6 Å². The molecule has 0 aromatic heterocycles. The Labute approximate surface area is 138 Å². The second-order valence-electron chi connectivity index (χ2n) is 4.21. The summed E-state index contributed by atoms with van der Waals surface area (Å²) in [5, 5.41) is 25.0. The van der Waals surface area contributed by atoms with Gasteiger partial charge in [0.2, 0.25) is 0 Å². The van der Waals surface area contributed by atoms with Gasteiger partial charge in [0.1, 0.15) is 18.1 Å². The number of carboxylic acids is 3. The fraction of sp³-hybridized carbons (Fsp3) is 0.727. The van der Waals surface area contributed by atoms with Crippen molar-refractivity contribution in [3.8, 4) is 0 Å². The highest BCUT2D eigenvalue weighted by atomic mass is 32.2. The van der Waals surface area contributed by atoms with Crippen LogP contribution in [0, 0.1) is 0 Å². The maximum atomic E-state index is 10.3.